The highest BCUT2D eigenvalue weighted by atomic mass is 32.1. The fourth-order valence-corrected chi connectivity index (χ4v) is 3.52. The molecule has 2 aromatic carbocycles. The second kappa shape index (κ2) is 8.00. The van der Waals surface area contributed by atoms with Gasteiger partial charge < -0.3 is 14.9 Å². The second-order valence-electron chi connectivity index (χ2n) is 6.81. The molecular formula is C21H20FN5OS. The average molecular weight is 409 g/mol. The van der Waals surface area contributed by atoms with Crippen LogP contribution in [-0.2, 0) is 24.8 Å². The second-order valence-corrected chi connectivity index (χ2v) is 7.20. The minimum Gasteiger partial charge on any atom is -0.354 e. The van der Waals surface area contributed by atoms with E-state index in [0.717, 1.165) is 27.7 Å². The van der Waals surface area contributed by atoms with Crippen LogP contribution in [0.2, 0.25) is 0 Å². The van der Waals surface area contributed by atoms with Crippen LogP contribution in [0.15, 0.2) is 48.5 Å². The minimum absolute atomic E-state index is 0.0748. The molecule has 0 saturated carbocycles. The lowest BCUT2D eigenvalue weighted by Crippen LogP contribution is -2.24. The first kappa shape index (κ1) is 19.1. The van der Waals surface area contributed by atoms with Gasteiger partial charge in [-0.05, 0) is 60.1 Å². The molecule has 0 atom stereocenters. The molecule has 2 aromatic heterocycles. The summed E-state index contributed by atoms with van der Waals surface area (Å²) in [5, 5.41) is 10.7. The van der Waals surface area contributed by atoms with Crippen LogP contribution in [0, 0.1) is 10.6 Å². The Morgan fingerprint density at radius 3 is 2.69 bits per heavy atom. The number of fused-ring (bicyclic) bond motifs is 1. The van der Waals surface area contributed by atoms with Crippen molar-refractivity contribution in [1.82, 2.24) is 25.1 Å². The topological polar surface area (TPSA) is 78.5 Å². The molecule has 0 aliphatic carbocycles. The Kier molecular flexibility index (Phi) is 5.26. The third-order valence-corrected chi connectivity index (χ3v) is 5.33. The summed E-state index contributed by atoms with van der Waals surface area (Å²) < 4.78 is 15.6. The molecule has 0 aliphatic heterocycles. The van der Waals surface area contributed by atoms with Crippen LogP contribution in [0.25, 0.3) is 22.2 Å². The zero-order chi connectivity index (χ0) is 20.4. The van der Waals surface area contributed by atoms with Gasteiger partial charge in [-0.15, -0.1) is 0 Å². The van der Waals surface area contributed by atoms with Crippen LogP contribution < -0.4 is 5.32 Å². The van der Waals surface area contributed by atoms with Crippen molar-refractivity contribution in [2.45, 2.75) is 19.4 Å². The molecule has 0 saturated heterocycles. The van der Waals surface area contributed by atoms with Crippen molar-refractivity contribution in [1.29, 1.82) is 0 Å². The fourth-order valence-electron chi connectivity index (χ4n) is 3.36. The number of benzene rings is 2. The predicted octanol–water partition coefficient (Wildman–Crippen LogP) is 4.01. The normalized spacial score (nSPS) is 11.1. The van der Waals surface area contributed by atoms with Crippen LogP contribution in [-0.4, -0.2) is 25.7 Å². The van der Waals surface area contributed by atoms with Gasteiger partial charge in [-0.3, -0.25) is 9.89 Å². The third-order valence-electron chi connectivity index (χ3n) is 4.96. The maximum absolute atomic E-state index is 13.3. The number of hydrogen-bond donors (Lipinski definition) is 3. The number of H-pyrrole nitrogens is 2. The molecule has 6 nitrogen and oxygen atoms in total. The molecular weight excluding hydrogens is 389 g/mol. The van der Waals surface area contributed by atoms with Gasteiger partial charge in [0.25, 0.3) is 0 Å². The third kappa shape index (κ3) is 3.97. The summed E-state index contributed by atoms with van der Waals surface area (Å²) in [7, 11) is 1.80. The highest BCUT2D eigenvalue weighted by Crippen LogP contribution is 2.31. The van der Waals surface area contributed by atoms with E-state index in [2.05, 4.69) is 20.5 Å². The molecule has 1 amide bonds. The predicted molar refractivity (Wildman–Crippen MR) is 112 cm³/mol. The lowest BCUT2D eigenvalue weighted by atomic mass is 10.0. The summed E-state index contributed by atoms with van der Waals surface area (Å²) in [6.07, 6.45) is 0.881. The Morgan fingerprint density at radius 2 is 1.97 bits per heavy atom. The van der Waals surface area contributed by atoms with Gasteiger partial charge in [-0.2, -0.15) is 5.10 Å². The first-order valence-electron chi connectivity index (χ1n) is 9.25. The zero-order valence-corrected chi connectivity index (χ0v) is 16.6. The van der Waals surface area contributed by atoms with Crippen LogP contribution in [0.3, 0.4) is 0 Å². The molecule has 0 aliphatic rings. The number of rotatable bonds is 6. The van der Waals surface area contributed by atoms with Gasteiger partial charge in [-0.25, -0.2) is 4.39 Å². The maximum Gasteiger partial charge on any atom is 0.220 e. The summed E-state index contributed by atoms with van der Waals surface area (Å²) in [6, 6.07) is 14.3. The highest BCUT2D eigenvalue weighted by Gasteiger charge is 2.15. The summed E-state index contributed by atoms with van der Waals surface area (Å²) in [6.45, 7) is 0.307. The van der Waals surface area contributed by atoms with Crippen molar-refractivity contribution in [3.05, 3.63) is 70.5 Å². The standard InChI is InChI=1S/C21H20FN5OS/c1-27-18(25-26-21(27)29)12-23-19(28)11-10-16-15-4-2-3-5-17(15)24-20(16)13-6-8-14(22)9-7-13/h2-9,24H,10-12H2,1H3,(H,23,28)(H,26,29). The summed E-state index contributed by atoms with van der Waals surface area (Å²) in [5.41, 5.74) is 3.83. The van der Waals surface area contributed by atoms with Crippen LogP contribution in [0.1, 0.15) is 17.8 Å². The fraction of sp³-hybridized carbons (Fsp3) is 0.190. The number of aromatic amines is 2. The molecule has 0 radical (unpaired) electrons. The van der Waals surface area contributed by atoms with Crippen molar-refractivity contribution in [2.75, 3.05) is 0 Å². The Bertz CT molecular complexity index is 1220. The lowest BCUT2D eigenvalue weighted by Gasteiger charge is -2.07. The molecule has 4 rings (SSSR count). The van der Waals surface area contributed by atoms with Crippen LogP contribution in [0.4, 0.5) is 4.39 Å². The largest absolute Gasteiger partial charge is 0.354 e. The number of carbonyl (C=O) groups is 1. The number of carbonyl (C=O) groups excluding carboxylic acids is 1. The Hall–Kier alpha value is -3.26. The van der Waals surface area contributed by atoms with E-state index in [1.54, 1.807) is 23.7 Å². The number of halogens is 1. The van der Waals surface area contributed by atoms with Crippen molar-refractivity contribution < 1.29 is 9.18 Å². The molecule has 0 bridgehead atoms. The number of nitrogens with zero attached hydrogens (tertiary/aromatic N) is 2. The maximum atomic E-state index is 13.3. The van der Waals surface area contributed by atoms with Gasteiger partial charge in [0.15, 0.2) is 10.6 Å². The molecule has 0 unspecified atom stereocenters. The number of para-hydroxylation sites is 1. The lowest BCUT2D eigenvalue weighted by molar-refractivity contribution is -0.121. The SMILES string of the molecule is Cn1c(CNC(=O)CCc2c(-c3ccc(F)cc3)[nH]c3ccccc23)n[nH]c1=S. The molecule has 0 spiro atoms. The molecule has 29 heavy (non-hydrogen) atoms. The van der Waals surface area contributed by atoms with E-state index >= 15 is 0 Å². The quantitative estimate of drug-likeness (QED) is 0.421. The summed E-state index contributed by atoms with van der Waals surface area (Å²) in [4.78, 5) is 15.8. The van der Waals surface area contributed by atoms with Gasteiger partial charge in [0.05, 0.1) is 6.54 Å². The zero-order valence-electron chi connectivity index (χ0n) is 15.8. The van der Waals surface area contributed by atoms with Gasteiger partial charge in [0.2, 0.25) is 5.91 Å². The van der Waals surface area contributed by atoms with Gasteiger partial charge in [-0.1, -0.05) is 18.2 Å². The van der Waals surface area contributed by atoms with E-state index in [1.807, 2.05) is 24.3 Å². The molecule has 0 fully saturated rings. The van der Waals surface area contributed by atoms with Crippen molar-refractivity contribution in [2.24, 2.45) is 7.05 Å². The first-order valence-corrected chi connectivity index (χ1v) is 9.66. The monoisotopic (exact) mass is 409 g/mol. The number of aryl methyl sites for hydroxylation is 1. The van der Waals surface area contributed by atoms with Crippen molar-refractivity contribution in [3.8, 4) is 11.3 Å². The van der Waals surface area contributed by atoms with E-state index < -0.39 is 0 Å². The molecule has 2 heterocycles. The smallest absolute Gasteiger partial charge is 0.220 e. The van der Waals surface area contributed by atoms with E-state index in [0.29, 0.717) is 30.0 Å². The molecule has 3 N–H and O–H groups in total. The number of nitrogens with one attached hydrogen (secondary N) is 3. The van der Waals surface area contributed by atoms with Crippen LogP contribution in [0.5, 0.6) is 0 Å². The van der Waals surface area contributed by atoms with Crippen molar-refractivity contribution >= 4 is 29.0 Å². The number of amides is 1. The summed E-state index contributed by atoms with van der Waals surface area (Å²) in [5.74, 6) is 0.316. The van der Waals surface area contributed by atoms with Gasteiger partial charge >= 0.3 is 0 Å². The van der Waals surface area contributed by atoms with E-state index in [-0.39, 0.29) is 11.7 Å². The minimum atomic E-state index is -0.278. The number of aromatic nitrogens is 4. The Balaban J connectivity index is 1.53. The first-order chi connectivity index (χ1) is 14.0. The summed E-state index contributed by atoms with van der Waals surface area (Å²) >= 11 is 5.08. The van der Waals surface area contributed by atoms with E-state index in [4.69, 9.17) is 12.2 Å². The van der Waals surface area contributed by atoms with Gasteiger partial charge in [0.1, 0.15) is 5.82 Å². The van der Waals surface area contributed by atoms with Gasteiger partial charge in [0, 0.05) is 30.1 Å². The van der Waals surface area contributed by atoms with Crippen LogP contribution >= 0.6 is 12.2 Å². The average Bonchev–Trinajstić information content (AvgIpc) is 3.25. The highest BCUT2D eigenvalue weighted by molar-refractivity contribution is 7.71. The molecule has 4 aromatic rings. The Labute approximate surface area is 171 Å². The Morgan fingerprint density at radius 1 is 1.21 bits per heavy atom. The van der Waals surface area contributed by atoms with E-state index in [9.17, 15) is 9.18 Å². The molecule has 8 heteroatoms. The molecule has 148 valence electrons. The number of hydrogen-bond acceptors (Lipinski definition) is 3. The van der Waals surface area contributed by atoms with E-state index in [1.165, 1.54) is 12.1 Å². The van der Waals surface area contributed by atoms with Crippen molar-refractivity contribution in [3.63, 3.8) is 0 Å².